The molecule has 2 unspecified atom stereocenters. The highest BCUT2D eigenvalue weighted by atomic mass is 16.1. The Kier molecular flexibility index (Phi) is 3.33. The van der Waals surface area contributed by atoms with Gasteiger partial charge in [-0.25, -0.2) is 4.98 Å². The Morgan fingerprint density at radius 2 is 2.41 bits per heavy atom. The smallest absolute Gasteiger partial charge is 0.276 e. The minimum atomic E-state index is -0.280. The fourth-order valence-electron chi connectivity index (χ4n) is 2.30. The Balaban J connectivity index is 2.23. The number of aromatic amines is 1. The van der Waals surface area contributed by atoms with Crippen LogP contribution in [-0.4, -0.2) is 29.6 Å². The lowest BCUT2D eigenvalue weighted by Gasteiger charge is -2.37. The fourth-order valence-corrected chi connectivity index (χ4v) is 2.30. The summed E-state index contributed by atoms with van der Waals surface area (Å²) in [6.07, 6.45) is 2.44. The molecule has 1 saturated heterocycles. The monoisotopic (exact) mass is 237 g/mol. The number of H-pyrrole nitrogens is 1. The van der Waals surface area contributed by atoms with Gasteiger partial charge in [-0.05, 0) is 24.8 Å². The van der Waals surface area contributed by atoms with Gasteiger partial charge < -0.3 is 21.4 Å². The number of nitrogens with two attached hydrogens (primary N) is 2. The van der Waals surface area contributed by atoms with Crippen molar-refractivity contribution in [1.29, 1.82) is 0 Å². The van der Waals surface area contributed by atoms with Crippen LogP contribution in [0.15, 0.2) is 11.1 Å². The normalized spacial score (nSPS) is 24.9. The lowest BCUT2D eigenvalue weighted by molar-refractivity contribution is 0.307. The standard InChI is InChI=1S/C11H19N5O/c1-7-2-3-16(5-8(7)4-12)10-9(13)11(17)15-6-14-10/h6-8H,2-5,12-13H2,1H3,(H,14,15,17). The van der Waals surface area contributed by atoms with Crippen LogP contribution in [0.5, 0.6) is 0 Å². The molecule has 6 heteroatoms. The summed E-state index contributed by atoms with van der Waals surface area (Å²) >= 11 is 0. The molecule has 0 saturated carbocycles. The van der Waals surface area contributed by atoms with Crippen LogP contribution in [0, 0.1) is 11.8 Å². The minimum absolute atomic E-state index is 0.192. The molecule has 0 aromatic carbocycles. The van der Waals surface area contributed by atoms with Crippen LogP contribution in [0.1, 0.15) is 13.3 Å². The van der Waals surface area contributed by atoms with Crippen molar-refractivity contribution in [3.8, 4) is 0 Å². The van der Waals surface area contributed by atoms with Crippen LogP contribution in [0.4, 0.5) is 11.5 Å². The van der Waals surface area contributed by atoms with E-state index in [4.69, 9.17) is 11.5 Å². The average Bonchev–Trinajstić information content (AvgIpc) is 2.34. The summed E-state index contributed by atoms with van der Waals surface area (Å²) < 4.78 is 0. The second-order valence-electron chi connectivity index (χ2n) is 4.68. The third-order valence-corrected chi connectivity index (χ3v) is 3.58. The zero-order valence-electron chi connectivity index (χ0n) is 10.0. The predicted molar refractivity (Wildman–Crippen MR) is 67.8 cm³/mol. The van der Waals surface area contributed by atoms with E-state index in [0.29, 0.717) is 24.2 Å². The first-order chi connectivity index (χ1) is 8.13. The Morgan fingerprint density at radius 3 is 3.12 bits per heavy atom. The van der Waals surface area contributed by atoms with Crippen LogP contribution in [0.25, 0.3) is 0 Å². The molecule has 1 aliphatic rings. The zero-order chi connectivity index (χ0) is 12.4. The summed E-state index contributed by atoms with van der Waals surface area (Å²) in [4.78, 5) is 20.1. The van der Waals surface area contributed by atoms with Crippen LogP contribution in [0.3, 0.4) is 0 Å². The predicted octanol–water partition coefficient (Wildman–Crippen LogP) is -0.227. The molecule has 0 spiro atoms. The molecule has 0 aliphatic carbocycles. The molecular weight excluding hydrogens is 218 g/mol. The SMILES string of the molecule is CC1CCN(c2nc[nH]c(=O)c2N)CC1CN. The van der Waals surface area contributed by atoms with Gasteiger partial charge in [0.2, 0.25) is 0 Å². The van der Waals surface area contributed by atoms with Gasteiger partial charge in [0.05, 0.1) is 6.33 Å². The number of aromatic nitrogens is 2. The number of nitrogens with zero attached hydrogens (tertiary/aromatic N) is 2. The van der Waals surface area contributed by atoms with E-state index in [0.717, 1.165) is 19.5 Å². The second-order valence-corrected chi connectivity index (χ2v) is 4.68. The zero-order valence-corrected chi connectivity index (χ0v) is 10.0. The van der Waals surface area contributed by atoms with E-state index in [-0.39, 0.29) is 11.2 Å². The first-order valence-electron chi connectivity index (χ1n) is 5.91. The Hall–Kier alpha value is -1.56. The lowest BCUT2D eigenvalue weighted by atomic mass is 9.87. The van der Waals surface area contributed by atoms with Crippen molar-refractivity contribution < 1.29 is 0 Å². The topological polar surface area (TPSA) is 101 Å². The molecule has 2 heterocycles. The number of nitrogens with one attached hydrogen (secondary N) is 1. The Morgan fingerprint density at radius 1 is 1.65 bits per heavy atom. The van der Waals surface area contributed by atoms with Crippen LogP contribution in [0.2, 0.25) is 0 Å². The Bertz CT molecular complexity index is 444. The third kappa shape index (κ3) is 2.26. The number of hydrogen-bond donors (Lipinski definition) is 3. The molecule has 2 rings (SSSR count). The van der Waals surface area contributed by atoms with Crippen LogP contribution < -0.4 is 21.9 Å². The number of rotatable bonds is 2. The summed E-state index contributed by atoms with van der Waals surface area (Å²) in [5, 5.41) is 0. The van der Waals surface area contributed by atoms with Crippen molar-refractivity contribution in [3.63, 3.8) is 0 Å². The highest BCUT2D eigenvalue weighted by Gasteiger charge is 2.27. The van der Waals surface area contributed by atoms with E-state index < -0.39 is 0 Å². The van der Waals surface area contributed by atoms with Crippen molar-refractivity contribution in [2.75, 3.05) is 30.3 Å². The molecule has 0 bridgehead atoms. The van der Waals surface area contributed by atoms with E-state index in [2.05, 4.69) is 21.8 Å². The summed E-state index contributed by atoms with van der Waals surface area (Å²) in [6, 6.07) is 0. The van der Waals surface area contributed by atoms with Gasteiger partial charge in [0.25, 0.3) is 5.56 Å². The molecule has 0 amide bonds. The highest BCUT2D eigenvalue weighted by Crippen LogP contribution is 2.26. The average molecular weight is 237 g/mol. The van der Waals surface area contributed by atoms with Crippen LogP contribution in [-0.2, 0) is 0 Å². The molecule has 1 aromatic heterocycles. The van der Waals surface area contributed by atoms with Gasteiger partial charge in [0.15, 0.2) is 5.82 Å². The van der Waals surface area contributed by atoms with E-state index >= 15 is 0 Å². The van der Waals surface area contributed by atoms with E-state index in [9.17, 15) is 4.79 Å². The number of hydrogen-bond acceptors (Lipinski definition) is 5. The number of piperidine rings is 1. The quantitative estimate of drug-likeness (QED) is 0.659. The van der Waals surface area contributed by atoms with E-state index in [1.54, 1.807) is 0 Å². The van der Waals surface area contributed by atoms with Crippen molar-refractivity contribution in [2.24, 2.45) is 17.6 Å². The molecule has 6 nitrogen and oxygen atoms in total. The van der Waals surface area contributed by atoms with Gasteiger partial charge >= 0.3 is 0 Å². The first kappa shape index (κ1) is 11.9. The number of nitrogen functional groups attached to an aromatic ring is 1. The van der Waals surface area contributed by atoms with Crippen molar-refractivity contribution >= 4 is 11.5 Å². The molecule has 1 fully saturated rings. The van der Waals surface area contributed by atoms with E-state index in [1.807, 2.05) is 0 Å². The second kappa shape index (κ2) is 4.75. The largest absolute Gasteiger partial charge is 0.391 e. The maximum Gasteiger partial charge on any atom is 0.276 e. The van der Waals surface area contributed by atoms with Gasteiger partial charge in [-0.1, -0.05) is 6.92 Å². The van der Waals surface area contributed by atoms with Crippen LogP contribution >= 0.6 is 0 Å². The molecule has 94 valence electrons. The maximum absolute atomic E-state index is 11.4. The molecule has 2 atom stereocenters. The summed E-state index contributed by atoms with van der Waals surface area (Å²) in [7, 11) is 0. The molecule has 1 aromatic rings. The molecule has 17 heavy (non-hydrogen) atoms. The fraction of sp³-hybridized carbons (Fsp3) is 0.636. The Labute approximate surface area is 100 Å². The summed E-state index contributed by atoms with van der Waals surface area (Å²) in [5.41, 5.74) is 11.4. The summed E-state index contributed by atoms with van der Waals surface area (Å²) in [5.74, 6) is 1.63. The van der Waals surface area contributed by atoms with Crippen molar-refractivity contribution in [3.05, 3.63) is 16.7 Å². The van der Waals surface area contributed by atoms with Gasteiger partial charge in [-0.3, -0.25) is 4.79 Å². The first-order valence-corrected chi connectivity index (χ1v) is 5.91. The lowest BCUT2D eigenvalue weighted by Crippen LogP contribution is -2.43. The van der Waals surface area contributed by atoms with E-state index in [1.165, 1.54) is 6.33 Å². The van der Waals surface area contributed by atoms with Gasteiger partial charge in [0, 0.05) is 13.1 Å². The summed E-state index contributed by atoms with van der Waals surface area (Å²) in [6.45, 7) is 4.56. The minimum Gasteiger partial charge on any atom is -0.391 e. The van der Waals surface area contributed by atoms with Gasteiger partial charge in [-0.15, -0.1) is 0 Å². The molecular formula is C11H19N5O. The number of anilines is 2. The van der Waals surface area contributed by atoms with Crippen molar-refractivity contribution in [2.45, 2.75) is 13.3 Å². The highest BCUT2D eigenvalue weighted by molar-refractivity contribution is 5.61. The molecule has 1 aliphatic heterocycles. The van der Waals surface area contributed by atoms with Crippen molar-refractivity contribution in [1.82, 2.24) is 9.97 Å². The molecule has 0 radical (unpaired) electrons. The third-order valence-electron chi connectivity index (χ3n) is 3.58. The van der Waals surface area contributed by atoms with Gasteiger partial charge in [-0.2, -0.15) is 0 Å². The van der Waals surface area contributed by atoms with Gasteiger partial charge in [0.1, 0.15) is 5.69 Å². The maximum atomic E-state index is 11.4. The molecule has 5 N–H and O–H groups in total.